The van der Waals surface area contributed by atoms with Gasteiger partial charge in [-0.1, -0.05) is 6.92 Å². The van der Waals surface area contributed by atoms with Crippen molar-refractivity contribution in [1.82, 2.24) is 4.90 Å². The molecule has 0 aromatic heterocycles. The zero-order valence-corrected chi connectivity index (χ0v) is 7.36. The molecule has 2 atom stereocenters. The smallest absolute Gasteiger partial charge is 0.231 e. The lowest BCUT2D eigenvalue weighted by Crippen LogP contribution is -2.46. The first kappa shape index (κ1) is 9.48. The Bertz CT molecular complexity index is 172. The SMILES string of the molecule is CC1CCN(CC(N)=O)CC1O. The Morgan fingerprint density at radius 3 is 2.92 bits per heavy atom. The number of nitrogens with zero attached hydrogens (tertiary/aromatic N) is 1. The number of likely N-dealkylation sites (tertiary alicyclic amines) is 1. The number of piperidine rings is 1. The Morgan fingerprint density at radius 1 is 1.75 bits per heavy atom. The van der Waals surface area contributed by atoms with Crippen molar-refractivity contribution in [2.75, 3.05) is 19.6 Å². The standard InChI is InChI=1S/C8H16N2O2/c1-6-2-3-10(4-7(6)11)5-8(9)12/h6-7,11H,2-5H2,1H3,(H2,9,12). The minimum atomic E-state index is -0.322. The van der Waals surface area contributed by atoms with Gasteiger partial charge in [0.1, 0.15) is 0 Å². The second-order valence-corrected chi connectivity index (χ2v) is 3.53. The highest BCUT2D eigenvalue weighted by molar-refractivity contribution is 5.75. The van der Waals surface area contributed by atoms with E-state index in [2.05, 4.69) is 0 Å². The van der Waals surface area contributed by atoms with Gasteiger partial charge in [0.15, 0.2) is 0 Å². The topological polar surface area (TPSA) is 66.6 Å². The van der Waals surface area contributed by atoms with E-state index in [4.69, 9.17) is 5.73 Å². The number of aliphatic hydroxyl groups excluding tert-OH is 1. The minimum absolute atomic E-state index is 0.268. The normalized spacial score (nSPS) is 31.8. The highest BCUT2D eigenvalue weighted by atomic mass is 16.3. The third-order valence-corrected chi connectivity index (χ3v) is 2.38. The summed E-state index contributed by atoms with van der Waals surface area (Å²) in [4.78, 5) is 12.5. The fraction of sp³-hybridized carbons (Fsp3) is 0.875. The zero-order chi connectivity index (χ0) is 9.14. The molecular formula is C8H16N2O2. The molecule has 4 heteroatoms. The number of primary amides is 1. The number of hydrogen-bond acceptors (Lipinski definition) is 3. The van der Waals surface area contributed by atoms with Crippen LogP contribution in [0, 0.1) is 5.92 Å². The van der Waals surface area contributed by atoms with Gasteiger partial charge in [0.05, 0.1) is 12.6 Å². The summed E-state index contributed by atoms with van der Waals surface area (Å²) in [7, 11) is 0. The number of carbonyl (C=O) groups is 1. The molecule has 12 heavy (non-hydrogen) atoms. The van der Waals surface area contributed by atoms with E-state index in [0.29, 0.717) is 12.5 Å². The van der Waals surface area contributed by atoms with Crippen LogP contribution < -0.4 is 5.73 Å². The molecule has 4 nitrogen and oxygen atoms in total. The molecule has 1 amide bonds. The Kier molecular flexibility index (Phi) is 3.05. The van der Waals surface area contributed by atoms with Crippen LogP contribution in [0.3, 0.4) is 0 Å². The van der Waals surface area contributed by atoms with Crippen molar-refractivity contribution in [2.45, 2.75) is 19.4 Å². The highest BCUT2D eigenvalue weighted by Gasteiger charge is 2.24. The molecule has 1 heterocycles. The lowest BCUT2D eigenvalue weighted by atomic mass is 9.96. The number of hydrogen-bond donors (Lipinski definition) is 2. The molecule has 1 fully saturated rings. The summed E-state index contributed by atoms with van der Waals surface area (Å²) < 4.78 is 0. The van der Waals surface area contributed by atoms with Gasteiger partial charge in [-0.25, -0.2) is 0 Å². The lowest BCUT2D eigenvalue weighted by Gasteiger charge is -2.33. The van der Waals surface area contributed by atoms with Gasteiger partial charge in [0.25, 0.3) is 0 Å². The van der Waals surface area contributed by atoms with Crippen molar-refractivity contribution in [2.24, 2.45) is 11.7 Å². The molecule has 0 saturated carbocycles. The van der Waals surface area contributed by atoms with Gasteiger partial charge in [-0.05, 0) is 18.9 Å². The predicted octanol–water partition coefficient (Wildman–Crippen LogP) is -0.826. The van der Waals surface area contributed by atoms with Gasteiger partial charge in [-0.15, -0.1) is 0 Å². The fourth-order valence-corrected chi connectivity index (χ4v) is 1.48. The summed E-state index contributed by atoms with van der Waals surface area (Å²) in [6.45, 7) is 3.72. The number of rotatable bonds is 2. The summed E-state index contributed by atoms with van der Waals surface area (Å²) in [6, 6.07) is 0. The summed E-state index contributed by atoms with van der Waals surface area (Å²) in [5.41, 5.74) is 5.04. The molecule has 3 N–H and O–H groups in total. The van der Waals surface area contributed by atoms with E-state index < -0.39 is 0 Å². The lowest BCUT2D eigenvalue weighted by molar-refractivity contribution is -0.120. The first-order valence-corrected chi connectivity index (χ1v) is 4.28. The van der Waals surface area contributed by atoms with Crippen LogP contribution in [0.1, 0.15) is 13.3 Å². The third kappa shape index (κ3) is 2.46. The number of amides is 1. The molecule has 0 bridgehead atoms. The van der Waals surface area contributed by atoms with Gasteiger partial charge in [0, 0.05) is 6.54 Å². The first-order chi connectivity index (χ1) is 5.59. The van der Waals surface area contributed by atoms with Gasteiger partial charge in [0.2, 0.25) is 5.91 Å². The number of nitrogens with two attached hydrogens (primary N) is 1. The van der Waals surface area contributed by atoms with E-state index in [1.807, 2.05) is 11.8 Å². The van der Waals surface area contributed by atoms with Crippen molar-refractivity contribution in [1.29, 1.82) is 0 Å². The molecule has 0 aromatic carbocycles. The van der Waals surface area contributed by atoms with Gasteiger partial charge < -0.3 is 10.8 Å². The van der Waals surface area contributed by atoms with E-state index in [1.165, 1.54) is 0 Å². The molecular weight excluding hydrogens is 156 g/mol. The number of β-amino-alcohol motifs (C(OH)–C–C–N with tert-alkyl or cyclic N) is 1. The van der Waals surface area contributed by atoms with E-state index >= 15 is 0 Å². The second-order valence-electron chi connectivity index (χ2n) is 3.53. The maximum atomic E-state index is 10.6. The van der Waals surface area contributed by atoms with Crippen LogP contribution >= 0.6 is 0 Å². The summed E-state index contributed by atoms with van der Waals surface area (Å²) in [5.74, 6) is 0.0193. The Labute approximate surface area is 72.3 Å². The van der Waals surface area contributed by atoms with Crippen LogP contribution in [-0.4, -0.2) is 41.7 Å². The van der Waals surface area contributed by atoms with Gasteiger partial charge in [-0.2, -0.15) is 0 Å². The Hall–Kier alpha value is -0.610. The molecule has 0 radical (unpaired) electrons. The van der Waals surface area contributed by atoms with Crippen LogP contribution in [0.2, 0.25) is 0 Å². The Morgan fingerprint density at radius 2 is 2.42 bits per heavy atom. The largest absolute Gasteiger partial charge is 0.392 e. The van der Waals surface area contributed by atoms with E-state index in [1.54, 1.807) is 0 Å². The van der Waals surface area contributed by atoms with Crippen LogP contribution in [0.25, 0.3) is 0 Å². The summed E-state index contributed by atoms with van der Waals surface area (Å²) in [6.07, 6.45) is 0.632. The molecule has 0 spiro atoms. The van der Waals surface area contributed by atoms with E-state index in [0.717, 1.165) is 13.0 Å². The maximum absolute atomic E-state index is 10.6. The quantitative estimate of drug-likeness (QED) is 0.571. The molecule has 70 valence electrons. The van der Waals surface area contributed by atoms with Gasteiger partial charge in [-0.3, -0.25) is 9.69 Å². The average molecular weight is 172 g/mol. The van der Waals surface area contributed by atoms with E-state index in [9.17, 15) is 9.90 Å². The van der Waals surface area contributed by atoms with Crippen LogP contribution in [0.4, 0.5) is 0 Å². The van der Waals surface area contributed by atoms with Crippen molar-refractivity contribution >= 4 is 5.91 Å². The molecule has 1 saturated heterocycles. The first-order valence-electron chi connectivity index (χ1n) is 4.28. The summed E-state index contributed by atoms with van der Waals surface area (Å²) in [5, 5.41) is 9.47. The zero-order valence-electron chi connectivity index (χ0n) is 7.36. The molecule has 2 unspecified atom stereocenters. The van der Waals surface area contributed by atoms with E-state index in [-0.39, 0.29) is 18.6 Å². The fourth-order valence-electron chi connectivity index (χ4n) is 1.48. The average Bonchev–Trinajstić information content (AvgIpc) is 1.96. The maximum Gasteiger partial charge on any atom is 0.231 e. The summed E-state index contributed by atoms with van der Waals surface area (Å²) >= 11 is 0. The predicted molar refractivity (Wildman–Crippen MR) is 45.4 cm³/mol. The van der Waals surface area contributed by atoms with Crippen LogP contribution in [0.5, 0.6) is 0 Å². The monoisotopic (exact) mass is 172 g/mol. The second kappa shape index (κ2) is 3.87. The van der Waals surface area contributed by atoms with Crippen LogP contribution in [-0.2, 0) is 4.79 Å². The highest BCUT2D eigenvalue weighted by Crippen LogP contribution is 2.16. The molecule has 1 aliphatic rings. The van der Waals surface area contributed by atoms with Crippen molar-refractivity contribution in [3.8, 4) is 0 Å². The number of carbonyl (C=O) groups excluding carboxylic acids is 1. The molecule has 0 aromatic rings. The molecule has 1 aliphatic heterocycles. The van der Waals surface area contributed by atoms with Gasteiger partial charge >= 0.3 is 0 Å². The third-order valence-electron chi connectivity index (χ3n) is 2.38. The Balaban J connectivity index is 2.35. The van der Waals surface area contributed by atoms with Crippen molar-refractivity contribution < 1.29 is 9.90 Å². The molecule has 1 rings (SSSR count). The van der Waals surface area contributed by atoms with Crippen molar-refractivity contribution in [3.63, 3.8) is 0 Å². The van der Waals surface area contributed by atoms with Crippen LogP contribution in [0.15, 0.2) is 0 Å². The minimum Gasteiger partial charge on any atom is -0.392 e. The molecule has 0 aliphatic carbocycles. The van der Waals surface area contributed by atoms with Crippen molar-refractivity contribution in [3.05, 3.63) is 0 Å². The number of aliphatic hydroxyl groups is 1.